The van der Waals surface area contributed by atoms with Gasteiger partial charge in [-0.15, -0.1) is 24.0 Å². The molecule has 0 aliphatic heterocycles. The van der Waals surface area contributed by atoms with Crippen molar-refractivity contribution in [1.29, 1.82) is 0 Å². The fraction of sp³-hybridized carbons (Fsp3) is 0.524. The Balaban J connectivity index is 0.00000392. The molecule has 0 saturated carbocycles. The van der Waals surface area contributed by atoms with Crippen LogP contribution in [0.5, 0.6) is 0 Å². The van der Waals surface area contributed by atoms with Gasteiger partial charge in [0, 0.05) is 25.7 Å². The van der Waals surface area contributed by atoms with Crippen LogP contribution in [0.3, 0.4) is 0 Å². The Bertz CT molecular complexity index is 697. The number of guanidine groups is 1. The lowest BCUT2D eigenvalue weighted by molar-refractivity contribution is 0.238. The van der Waals surface area contributed by atoms with Gasteiger partial charge >= 0.3 is 0 Å². The molecule has 1 aromatic carbocycles. The van der Waals surface area contributed by atoms with Crippen LogP contribution < -0.4 is 10.6 Å². The Labute approximate surface area is 186 Å². The number of benzene rings is 1. The highest BCUT2D eigenvalue weighted by Gasteiger charge is 2.10. The SMILES string of the molecule is CCNC(=NCc1nc(C)c(C)o1)NCCC(C)N(C)Cc1ccccc1.I. The van der Waals surface area contributed by atoms with E-state index in [0.717, 1.165) is 43.5 Å². The molecule has 1 aromatic heterocycles. The van der Waals surface area contributed by atoms with Gasteiger partial charge in [0.05, 0.1) is 5.69 Å². The second kappa shape index (κ2) is 12.8. The van der Waals surface area contributed by atoms with Gasteiger partial charge in [0.1, 0.15) is 12.3 Å². The van der Waals surface area contributed by atoms with Crippen LogP contribution in [0.2, 0.25) is 0 Å². The Kier molecular flexibility index (Phi) is 11.1. The van der Waals surface area contributed by atoms with Crippen LogP contribution in [0.1, 0.15) is 43.2 Å². The molecule has 0 fully saturated rings. The fourth-order valence-corrected chi connectivity index (χ4v) is 2.74. The highest BCUT2D eigenvalue weighted by Crippen LogP contribution is 2.09. The summed E-state index contributed by atoms with van der Waals surface area (Å²) in [6, 6.07) is 11.0. The normalized spacial score (nSPS) is 12.6. The van der Waals surface area contributed by atoms with E-state index >= 15 is 0 Å². The van der Waals surface area contributed by atoms with Gasteiger partial charge in [-0.3, -0.25) is 4.90 Å². The van der Waals surface area contributed by atoms with Crippen LogP contribution in [0.4, 0.5) is 0 Å². The first-order valence-corrected chi connectivity index (χ1v) is 9.68. The number of nitrogens with zero attached hydrogens (tertiary/aromatic N) is 3. The summed E-state index contributed by atoms with van der Waals surface area (Å²) in [6.45, 7) is 11.3. The highest BCUT2D eigenvalue weighted by molar-refractivity contribution is 14.0. The van der Waals surface area contributed by atoms with Crippen molar-refractivity contribution in [2.75, 3.05) is 20.1 Å². The summed E-state index contributed by atoms with van der Waals surface area (Å²) in [7, 11) is 2.17. The van der Waals surface area contributed by atoms with E-state index in [9.17, 15) is 0 Å². The molecule has 1 unspecified atom stereocenters. The molecule has 1 atom stereocenters. The third-order valence-corrected chi connectivity index (χ3v) is 4.67. The average Bonchev–Trinajstić information content (AvgIpc) is 2.98. The van der Waals surface area contributed by atoms with Crippen molar-refractivity contribution in [3.05, 3.63) is 53.2 Å². The molecule has 2 aromatic rings. The molecular formula is C21H34IN5O. The molecule has 0 radical (unpaired) electrons. The first-order chi connectivity index (χ1) is 13.0. The summed E-state index contributed by atoms with van der Waals surface area (Å²) in [4.78, 5) is 11.3. The van der Waals surface area contributed by atoms with Gasteiger partial charge < -0.3 is 15.1 Å². The van der Waals surface area contributed by atoms with Crippen molar-refractivity contribution >= 4 is 29.9 Å². The van der Waals surface area contributed by atoms with Crippen LogP contribution in [0.15, 0.2) is 39.7 Å². The average molecular weight is 499 g/mol. The first-order valence-electron chi connectivity index (χ1n) is 9.68. The maximum atomic E-state index is 5.59. The minimum Gasteiger partial charge on any atom is -0.444 e. The number of halogens is 1. The highest BCUT2D eigenvalue weighted by atomic mass is 127. The predicted octanol–water partition coefficient (Wildman–Crippen LogP) is 3.88. The van der Waals surface area contributed by atoms with E-state index in [1.807, 2.05) is 13.8 Å². The number of hydrogen-bond donors (Lipinski definition) is 2. The lowest BCUT2D eigenvalue weighted by Crippen LogP contribution is -2.40. The van der Waals surface area contributed by atoms with E-state index in [4.69, 9.17) is 4.42 Å². The number of aromatic nitrogens is 1. The van der Waals surface area contributed by atoms with E-state index in [0.29, 0.717) is 18.5 Å². The standard InChI is InChI=1S/C21H33N5O.HI/c1-6-22-21(24-14-20-25-17(3)18(4)27-20)23-13-12-16(2)26(5)15-19-10-8-7-9-11-19;/h7-11,16H,6,12-15H2,1-5H3,(H2,22,23,24);1H. The molecule has 156 valence electrons. The van der Waals surface area contributed by atoms with Crippen LogP contribution in [0, 0.1) is 13.8 Å². The zero-order chi connectivity index (χ0) is 19.6. The minimum atomic E-state index is 0. The maximum absolute atomic E-state index is 5.59. The lowest BCUT2D eigenvalue weighted by atomic mass is 10.1. The van der Waals surface area contributed by atoms with Crippen molar-refractivity contribution in [1.82, 2.24) is 20.5 Å². The van der Waals surface area contributed by atoms with Crippen LogP contribution in [0.25, 0.3) is 0 Å². The molecule has 1 heterocycles. The molecule has 0 aliphatic carbocycles. The Morgan fingerprint density at radius 2 is 1.93 bits per heavy atom. The van der Waals surface area contributed by atoms with Gasteiger partial charge in [-0.1, -0.05) is 30.3 Å². The van der Waals surface area contributed by atoms with Gasteiger partial charge in [-0.2, -0.15) is 0 Å². The number of oxazole rings is 1. The van der Waals surface area contributed by atoms with E-state index in [-0.39, 0.29) is 24.0 Å². The second-order valence-electron chi connectivity index (χ2n) is 6.91. The maximum Gasteiger partial charge on any atom is 0.216 e. The van der Waals surface area contributed by atoms with Crippen molar-refractivity contribution in [2.45, 2.75) is 53.2 Å². The van der Waals surface area contributed by atoms with Gasteiger partial charge in [0.25, 0.3) is 0 Å². The van der Waals surface area contributed by atoms with Gasteiger partial charge in [-0.05, 0) is 46.7 Å². The van der Waals surface area contributed by atoms with E-state index in [2.05, 4.69) is 76.7 Å². The van der Waals surface area contributed by atoms with Crippen LogP contribution >= 0.6 is 24.0 Å². The number of rotatable bonds is 9. The van der Waals surface area contributed by atoms with Crippen molar-refractivity contribution in [2.24, 2.45) is 4.99 Å². The predicted molar refractivity (Wildman–Crippen MR) is 126 cm³/mol. The Morgan fingerprint density at radius 3 is 2.54 bits per heavy atom. The number of hydrogen-bond acceptors (Lipinski definition) is 4. The van der Waals surface area contributed by atoms with Crippen LogP contribution in [-0.2, 0) is 13.1 Å². The first kappa shape index (κ1) is 24.4. The van der Waals surface area contributed by atoms with Gasteiger partial charge in [0.15, 0.2) is 5.96 Å². The smallest absolute Gasteiger partial charge is 0.216 e. The second-order valence-corrected chi connectivity index (χ2v) is 6.91. The molecule has 6 nitrogen and oxygen atoms in total. The fourth-order valence-electron chi connectivity index (χ4n) is 2.74. The van der Waals surface area contributed by atoms with Gasteiger partial charge in [-0.25, -0.2) is 9.98 Å². The number of aryl methyl sites for hydroxylation is 2. The molecule has 0 aliphatic rings. The monoisotopic (exact) mass is 499 g/mol. The van der Waals surface area contributed by atoms with E-state index in [1.165, 1.54) is 5.56 Å². The summed E-state index contributed by atoms with van der Waals surface area (Å²) in [5, 5.41) is 6.68. The minimum absolute atomic E-state index is 0. The molecule has 7 heteroatoms. The molecule has 2 N–H and O–H groups in total. The molecule has 0 saturated heterocycles. The zero-order valence-electron chi connectivity index (χ0n) is 17.7. The number of aliphatic imine (C=N–C) groups is 1. The van der Waals surface area contributed by atoms with Crippen molar-refractivity contribution in [3.63, 3.8) is 0 Å². The summed E-state index contributed by atoms with van der Waals surface area (Å²) < 4.78 is 5.59. The zero-order valence-corrected chi connectivity index (χ0v) is 20.0. The molecular weight excluding hydrogens is 465 g/mol. The van der Waals surface area contributed by atoms with Crippen molar-refractivity contribution in [3.8, 4) is 0 Å². The number of nitrogens with one attached hydrogen (secondary N) is 2. The largest absolute Gasteiger partial charge is 0.444 e. The van der Waals surface area contributed by atoms with E-state index < -0.39 is 0 Å². The summed E-state index contributed by atoms with van der Waals surface area (Å²) in [6.07, 6.45) is 1.03. The summed E-state index contributed by atoms with van der Waals surface area (Å²) in [5.74, 6) is 2.30. The van der Waals surface area contributed by atoms with Crippen LogP contribution in [-0.4, -0.2) is 42.0 Å². The quantitative estimate of drug-likeness (QED) is 0.312. The summed E-state index contributed by atoms with van der Waals surface area (Å²) >= 11 is 0. The topological polar surface area (TPSA) is 65.7 Å². The molecule has 0 bridgehead atoms. The molecule has 0 amide bonds. The van der Waals surface area contributed by atoms with E-state index in [1.54, 1.807) is 0 Å². The van der Waals surface area contributed by atoms with Crippen molar-refractivity contribution < 1.29 is 4.42 Å². The summed E-state index contributed by atoms with van der Waals surface area (Å²) in [5.41, 5.74) is 2.26. The third kappa shape index (κ3) is 8.18. The lowest BCUT2D eigenvalue weighted by Gasteiger charge is -2.25. The third-order valence-electron chi connectivity index (χ3n) is 4.67. The molecule has 0 spiro atoms. The van der Waals surface area contributed by atoms with Gasteiger partial charge in [0.2, 0.25) is 5.89 Å². The Hall–Kier alpha value is -1.61. The Morgan fingerprint density at radius 1 is 1.21 bits per heavy atom. The molecule has 28 heavy (non-hydrogen) atoms. The molecule has 2 rings (SSSR count).